The van der Waals surface area contributed by atoms with Crippen LogP contribution in [0, 0.1) is 0 Å². The van der Waals surface area contributed by atoms with E-state index in [1.165, 1.54) is 12.3 Å². The van der Waals surface area contributed by atoms with Crippen LogP contribution in [0.15, 0.2) is 30.7 Å². The number of aromatic nitrogens is 2. The molecule has 1 atom stereocenters. The quantitative estimate of drug-likeness (QED) is 0.721. The summed E-state index contributed by atoms with van der Waals surface area (Å²) in [5, 5.41) is 9.09. The van der Waals surface area contributed by atoms with Crippen molar-refractivity contribution < 1.29 is 9.50 Å². The van der Waals surface area contributed by atoms with Crippen molar-refractivity contribution >= 4 is 5.65 Å². The van der Waals surface area contributed by atoms with E-state index >= 15 is 0 Å². The van der Waals surface area contributed by atoms with Gasteiger partial charge in [-0.1, -0.05) is 0 Å². The number of nitrogens with zero attached hydrogens (tertiary/aromatic N) is 2. The predicted octanol–water partition coefficient (Wildman–Crippen LogP) is 1.47. The molecule has 2 heterocycles. The van der Waals surface area contributed by atoms with Gasteiger partial charge >= 0.3 is 0 Å². The zero-order valence-electron chi connectivity index (χ0n) is 7.11. The normalized spacial score (nSPS) is 15.9. The monoisotopic (exact) mass is 180 g/mol. The zero-order chi connectivity index (χ0) is 9.47. The first-order valence-corrected chi connectivity index (χ1v) is 3.92. The van der Waals surface area contributed by atoms with Crippen LogP contribution in [0.4, 0.5) is 4.39 Å². The Kier molecular flexibility index (Phi) is 1.60. The Bertz CT molecular complexity index is 430. The molecule has 13 heavy (non-hydrogen) atoms. The molecule has 2 aromatic rings. The summed E-state index contributed by atoms with van der Waals surface area (Å²) in [6.07, 6.45) is 4.83. The molecular weight excluding hydrogens is 171 g/mol. The minimum atomic E-state index is -2.29. The summed E-state index contributed by atoms with van der Waals surface area (Å²) in [5.41, 5.74) is 0.950. The number of alkyl halides is 1. The van der Waals surface area contributed by atoms with Crippen molar-refractivity contribution in [1.29, 1.82) is 0 Å². The molecule has 0 saturated heterocycles. The fraction of sp³-hybridized carbons (Fsp3) is 0.222. The van der Waals surface area contributed by atoms with Gasteiger partial charge in [0.05, 0.1) is 0 Å². The molecular formula is C9H9FN2O. The fourth-order valence-corrected chi connectivity index (χ4v) is 1.19. The van der Waals surface area contributed by atoms with E-state index in [0.717, 1.165) is 12.6 Å². The van der Waals surface area contributed by atoms with Gasteiger partial charge in [-0.3, -0.25) is 0 Å². The molecule has 1 N–H and O–H groups in total. The summed E-state index contributed by atoms with van der Waals surface area (Å²) in [5.74, 6) is -2.29. The van der Waals surface area contributed by atoms with Gasteiger partial charge in [-0.05, 0) is 19.1 Å². The molecule has 0 aliphatic heterocycles. The Morgan fingerprint density at radius 2 is 2.31 bits per heavy atom. The van der Waals surface area contributed by atoms with Gasteiger partial charge in [-0.2, -0.15) is 0 Å². The van der Waals surface area contributed by atoms with Crippen molar-refractivity contribution in [2.75, 3.05) is 0 Å². The van der Waals surface area contributed by atoms with Crippen LogP contribution in [0.3, 0.4) is 0 Å². The standard InChI is InChI=1S/C9H9FN2O/c1-9(10,13)7-2-3-8-11-4-5-12(8)6-7/h2-6,13H,1H3. The number of imidazole rings is 1. The number of aliphatic hydroxyl groups is 1. The lowest BCUT2D eigenvalue weighted by Gasteiger charge is -2.12. The van der Waals surface area contributed by atoms with Gasteiger partial charge in [-0.25, -0.2) is 9.37 Å². The number of hydrogen-bond donors (Lipinski definition) is 1. The van der Waals surface area contributed by atoms with Crippen molar-refractivity contribution in [1.82, 2.24) is 9.38 Å². The largest absolute Gasteiger partial charge is 0.358 e. The van der Waals surface area contributed by atoms with E-state index < -0.39 is 5.85 Å². The maximum atomic E-state index is 13.1. The SMILES string of the molecule is CC(O)(F)c1ccc2nccn2c1. The van der Waals surface area contributed by atoms with Gasteiger partial charge in [-0.15, -0.1) is 0 Å². The Morgan fingerprint density at radius 1 is 1.54 bits per heavy atom. The van der Waals surface area contributed by atoms with Crippen molar-refractivity contribution in [3.63, 3.8) is 0 Å². The summed E-state index contributed by atoms with van der Waals surface area (Å²) in [7, 11) is 0. The Morgan fingerprint density at radius 3 is 3.00 bits per heavy atom. The van der Waals surface area contributed by atoms with Gasteiger partial charge in [0, 0.05) is 24.2 Å². The van der Waals surface area contributed by atoms with Crippen LogP contribution in [0.25, 0.3) is 5.65 Å². The lowest BCUT2D eigenvalue weighted by Crippen LogP contribution is -2.13. The number of fused-ring (bicyclic) bond motifs is 1. The molecule has 0 spiro atoms. The molecule has 2 rings (SSSR count). The van der Waals surface area contributed by atoms with Crippen LogP contribution in [0.1, 0.15) is 12.5 Å². The second-order valence-electron chi connectivity index (χ2n) is 3.06. The average molecular weight is 180 g/mol. The van der Waals surface area contributed by atoms with Crippen LogP contribution in [-0.2, 0) is 5.85 Å². The Labute approximate surface area is 74.5 Å². The number of pyridine rings is 1. The van der Waals surface area contributed by atoms with Gasteiger partial charge < -0.3 is 9.51 Å². The van der Waals surface area contributed by atoms with Gasteiger partial charge in [0.15, 0.2) is 0 Å². The van der Waals surface area contributed by atoms with Gasteiger partial charge in [0.2, 0.25) is 5.85 Å². The topological polar surface area (TPSA) is 37.5 Å². The third-order valence-corrected chi connectivity index (χ3v) is 1.92. The van der Waals surface area contributed by atoms with E-state index in [9.17, 15) is 4.39 Å². The molecule has 0 aromatic carbocycles. The average Bonchev–Trinajstić information content (AvgIpc) is 2.47. The Balaban J connectivity index is 2.61. The maximum absolute atomic E-state index is 13.1. The predicted molar refractivity (Wildman–Crippen MR) is 45.9 cm³/mol. The highest BCUT2D eigenvalue weighted by Gasteiger charge is 2.21. The highest BCUT2D eigenvalue weighted by molar-refractivity contribution is 5.40. The minimum absolute atomic E-state index is 0.220. The van der Waals surface area contributed by atoms with Crippen LogP contribution in [0.5, 0.6) is 0 Å². The van der Waals surface area contributed by atoms with Crippen molar-refractivity contribution in [3.8, 4) is 0 Å². The molecule has 0 bridgehead atoms. The van der Waals surface area contributed by atoms with E-state index in [1.54, 1.807) is 22.9 Å². The smallest absolute Gasteiger partial charge is 0.231 e. The first-order chi connectivity index (χ1) is 6.07. The second-order valence-corrected chi connectivity index (χ2v) is 3.06. The molecule has 0 radical (unpaired) electrons. The summed E-state index contributed by atoms with van der Waals surface area (Å²) < 4.78 is 14.7. The van der Waals surface area contributed by atoms with Crippen molar-refractivity contribution in [2.45, 2.75) is 12.8 Å². The van der Waals surface area contributed by atoms with Crippen LogP contribution >= 0.6 is 0 Å². The van der Waals surface area contributed by atoms with E-state index in [4.69, 9.17) is 5.11 Å². The molecule has 0 aliphatic carbocycles. The number of halogens is 1. The summed E-state index contributed by atoms with van der Waals surface area (Å²) >= 11 is 0. The van der Waals surface area contributed by atoms with Crippen molar-refractivity contribution in [3.05, 3.63) is 36.3 Å². The second kappa shape index (κ2) is 2.53. The molecule has 1 unspecified atom stereocenters. The molecule has 0 fully saturated rings. The number of hydrogen-bond acceptors (Lipinski definition) is 2. The van der Waals surface area contributed by atoms with Crippen LogP contribution in [-0.4, -0.2) is 14.5 Å². The van der Waals surface area contributed by atoms with Crippen LogP contribution < -0.4 is 0 Å². The first kappa shape index (κ1) is 8.19. The van der Waals surface area contributed by atoms with Crippen LogP contribution in [0.2, 0.25) is 0 Å². The Hall–Kier alpha value is -1.42. The molecule has 0 amide bonds. The molecule has 68 valence electrons. The highest BCUT2D eigenvalue weighted by Crippen LogP contribution is 2.21. The van der Waals surface area contributed by atoms with Gasteiger partial charge in [0.25, 0.3) is 0 Å². The lowest BCUT2D eigenvalue weighted by molar-refractivity contribution is -0.0771. The van der Waals surface area contributed by atoms with E-state index in [1.807, 2.05) is 0 Å². The number of rotatable bonds is 1. The molecule has 2 aromatic heterocycles. The third-order valence-electron chi connectivity index (χ3n) is 1.92. The molecule has 0 aliphatic rings. The summed E-state index contributed by atoms with van der Waals surface area (Å²) in [6.45, 7) is 1.10. The highest BCUT2D eigenvalue weighted by atomic mass is 19.2. The minimum Gasteiger partial charge on any atom is -0.358 e. The van der Waals surface area contributed by atoms with Crippen molar-refractivity contribution in [2.24, 2.45) is 0 Å². The zero-order valence-corrected chi connectivity index (χ0v) is 7.11. The van der Waals surface area contributed by atoms with E-state index in [0.29, 0.717) is 0 Å². The summed E-state index contributed by atoms with van der Waals surface area (Å²) in [4.78, 5) is 4.00. The summed E-state index contributed by atoms with van der Waals surface area (Å²) in [6, 6.07) is 3.17. The van der Waals surface area contributed by atoms with E-state index in [-0.39, 0.29) is 5.56 Å². The fourth-order valence-electron chi connectivity index (χ4n) is 1.19. The molecule has 0 saturated carbocycles. The first-order valence-electron chi connectivity index (χ1n) is 3.92. The van der Waals surface area contributed by atoms with E-state index in [2.05, 4.69) is 4.98 Å². The molecule has 3 nitrogen and oxygen atoms in total. The van der Waals surface area contributed by atoms with Gasteiger partial charge in [0.1, 0.15) is 5.65 Å². The third kappa shape index (κ3) is 1.40. The maximum Gasteiger partial charge on any atom is 0.231 e. The lowest BCUT2D eigenvalue weighted by atomic mass is 10.1. The molecule has 4 heteroatoms.